The van der Waals surface area contributed by atoms with Crippen LogP contribution in [0.4, 0.5) is 10.1 Å². The van der Waals surface area contributed by atoms with Gasteiger partial charge in [-0.1, -0.05) is 12.7 Å². The van der Waals surface area contributed by atoms with Crippen LogP contribution < -0.4 is 10.2 Å². The number of anilines is 1. The lowest BCUT2D eigenvalue weighted by atomic mass is 9.91. The number of allylic oxidation sites excluding steroid dienone is 1. The minimum Gasteiger partial charge on any atom is -0.392 e. The number of aliphatic hydroxyl groups is 2. The fourth-order valence-corrected chi connectivity index (χ4v) is 8.73. The fraction of sp³-hybridized carbons (Fsp3) is 0.486. The number of aryl methyl sites for hydroxylation is 1. The molecule has 45 heavy (non-hydrogen) atoms. The highest BCUT2D eigenvalue weighted by Crippen LogP contribution is 2.44. The van der Waals surface area contributed by atoms with Crippen LogP contribution in [0.2, 0.25) is 0 Å². The summed E-state index contributed by atoms with van der Waals surface area (Å²) in [6.45, 7) is 5.03. The Kier molecular flexibility index (Phi) is 9.56. The summed E-state index contributed by atoms with van der Waals surface area (Å²) in [5.74, 6) is -0.0465. The molecular formula is C35H44FN5O3S. The molecule has 240 valence electrons. The number of fused-ring (bicyclic) bond motifs is 3. The molecule has 2 atom stereocenters. The molecule has 0 bridgehead atoms. The topological polar surface area (TPSA) is 91.6 Å². The maximum absolute atomic E-state index is 15.2. The first-order valence-electron chi connectivity index (χ1n) is 16.1. The van der Waals surface area contributed by atoms with Gasteiger partial charge in [0, 0.05) is 48.4 Å². The van der Waals surface area contributed by atoms with E-state index in [2.05, 4.69) is 28.8 Å². The first kappa shape index (κ1) is 31.7. The zero-order valence-corrected chi connectivity index (χ0v) is 27.1. The van der Waals surface area contributed by atoms with Crippen molar-refractivity contribution in [1.29, 1.82) is 0 Å². The van der Waals surface area contributed by atoms with Crippen LogP contribution in [-0.2, 0) is 37.1 Å². The molecule has 0 saturated carbocycles. The van der Waals surface area contributed by atoms with E-state index in [1.165, 1.54) is 64.1 Å². The van der Waals surface area contributed by atoms with Crippen molar-refractivity contribution in [3.8, 4) is 0 Å². The van der Waals surface area contributed by atoms with E-state index in [0.29, 0.717) is 47.4 Å². The van der Waals surface area contributed by atoms with Crippen LogP contribution in [0.25, 0.3) is 0 Å². The van der Waals surface area contributed by atoms with Crippen LogP contribution in [0.3, 0.4) is 0 Å². The summed E-state index contributed by atoms with van der Waals surface area (Å²) in [6.07, 6.45) is 13.5. The van der Waals surface area contributed by atoms with E-state index in [1.54, 1.807) is 24.5 Å². The van der Waals surface area contributed by atoms with Crippen LogP contribution in [0.1, 0.15) is 76.8 Å². The molecule has 3 aliphatic heterocycles. The molecule has 8 nitrogen and oxygen atoms in total. The lowest BCUT2D eigenvalue weighted by Crippen LogP contribution is -2.36. The Bertz CT molecular complexity index is 1560. The highest BCUT2D eigenvalue weighted by Gasteiger charge is 2.33. The second-order valence-corrected chi connectivity index (χ2v) is 13.7. The van der Waals surface area contributed by atoms with Gasteiger partial charge in [-0.25, -0.2) is 9.38 Å². The number of carbonyl (C=O) groups is 1. The second kappa shape index (κ2) is 13.6. The van der Waals surface area contributed by atoms with Crippen molar-refractivity contribution in [3.63, 3.8) is 0 Å². The van der Waals surface area contributed by atoms with Gasteiger partial charge in [-0.05, 0) is 112 Å². The van der Waals surface area contributed by atoms with Gasteiger partial charge in [0.2, 0.25) is 0 Å². The summed E-state index contributed by atoms with van der Waals surface area (Å²) < 4.78 is 15.2. The Hall–Kier alpha value is -3.31. The number of halogens is 1. The Balaban J connectivity index is 1.27. The number of likely N-dealkylation sites (tertiary alicyclic amines) is 1. The van der Waals surface area contributed by atoms with Crippen molar-refractivity contribution < 1.29 is 19.4 Å². The number of hydrogen-bond donors (Lipinski definition) is 3. The standard InChI is InChI=1S/C35H44FN5O3S/c1-4-39(2)34(43)28(38-32-14-12-23(20-37-32)29-9-7-16-40(29)3)13-11-22-18-24(36)19-30(27(22)21-42)41-17-15-26-25-8-5-6-10-31(25)45-33(26)35(41)44/h4,13,18-20,29,35,42,44H,1,5-12,14-17,21H2,2-3H3,(H,37,38)/b28-13+/t29-,35?/m0/s1. The lowest BCUT2D eigenvalue weighted by molar-refractivity contribution is -0.123. The first-order chi connectivity index (χ1) is 21.8. The Morgan fingerprint density at radius 3 is 2.71 bits per heavy atom. The maximum atomic E-state index is 15.2. The third kappa shape index (κ3) is 6.38. The monoisotopic (exact) mass is 633 g/mol. The average molecular weight is 634 g/mol. The highest BCUT2D eigenvalue weighted by molar-refractivity contribution is 7.12. The molecule has 4 heterocycles. The third-order valence-corrected chi connectivity index (χ3v) is 11.2. The van der Waals surface area contributed by atoms with Gasteiger partial charge in [-0.3, -0.25) is 9.69 Å². The molecule has 0 spiro atoms. The first-order valence-corrected chi connectivity index (χ1v) is 16.9. The quantitative estimate of drug-likeness (QED) is 0.351. The average Bonchev–Trinajstić information content (AvgIpc) is 3.66. The van der Waals surface area contributed by atoms with Crippen LogP contribution in [0.5, 0.6) is 0 Å². The summed E-state index contributed by atoms with van der Waals surface area (Å²) in [7, 11) is 3.78. The number of carbonyl (C=O) groups excluding carboxylic acids is 1. The van der Waals surface area contributed by atoms with Gasteiger partial charge in [0.05, 0.1) is 11.5 Å². The molecule has 2 aromatic rings. The molecule has 1 saturated heterocycles. The van der Waals surface area contributed by atoms with Crippen molar-refractivity contribution in [2.24, 2.45) is 4.99 Å². The number of amidine groups is 1. The van der Waals surface area contributed by atoms with Gasteiger partial charge >= 0.3 is 0 Å². The smallest absolute Gasteiger partial charge is 0.273 e. The van der Waals surface area contributed by atoms with Crippen LogP contribution in [-0.4, -0.2) is 65.0 Å². The number of likely N-dealkylation sites (N-methyl/N-ethyl adjacent to an activating group) is 2. The van der Waals surface area contributed by atoms with Crippen molar-refractivity contribution in [2.75, 3.05) is 32.1 Å². The molecule has 6 rings (SSSR count). The predicted octanol–water partition coefficient (Wildman–Crippen LogP) is 5.10. The van der Waals surface area contributed by atoms with Crippen LogP contribution in [0, 0.1) is 5.82 Å². The van der Waals surface area contributed by atoms with Gasteiger partial charge in [0.25, 0.3) is 5.91 Å². The zero-order chi connectivity index (χ0) is 31.7. The number of hydrogen-bond acceptors (Lipinski definition) is 8. The molecule has 1 aromatic heterocycles. The molecular weight excluding hydrogens is 589 g/mol. The summed E-state index contributed by atoms with van der Waals surface area (Å²) in [4.78, 5) is 25.9. The maximum Gasteiger partial charge on any atom is 0.273 e. The lowest BCUT2D eigenvalue weighted by Gasteiger charge is -2.36. The van der Waals surface area contributed by atoms with Gasteiger partial charge in [0.15, 0.2) is 6.23 Å². The molecule has 1 aromatic carbocycles. The summed E-state index contributed by atoms with van der Waals surface area (Å²) in [6, 6.07) is 3.23. The van der Waals surface area contributed by atoms with Crippen molar-refractivity contribution >= 4 is 28.8 Å². The number of nitrogens with one attached hydrogen (secondary N) is 1. The summed E-state index contributed by atoms with van der Waals surface area (Å²) >= 11 is 1.68. The Labute approximate surface area is 269 Å². The molecule has 1 amide bonds. The number of rotatable bonds is 8. The molecule has 0 radical (unpaired) electrons. The highest BCUT2D eigenvalue weighted by atomic mass is 32.1. The van der Waals surface area contributed by atoms with Gasteiger partial charge < -0.3 is 25.3 Å². The number of thiophene rings is 1. The van der Waals surface area contributed by atoms with E-state index in [4.69, 9.17) is 0 Å². The van der Waals surface area contributed by atoms with E-state index in [-0.39, 0.29) is 18.9 Å². The van der Waals surface area contributed by atoms with E-state index in [1.807, 2.05) is 11.1 Å². The molecule has 3 N–H and O–H groups in total. The van der Waals surface area contributed by atoms with E-state index < -0.39 is 12.0 Å². The van der Waals surface area contributed by atoms with Crippen LogP contribution in [0.15, 0.2) is 53.5 Å². The summed E-state index contributed by atoms with van der Waals surface area (Å²) in [5.41, 5.74) is 5.88. The number of benzene rings is 1. The van der Waals surface area contributed by atoms with Gasteiger partial charge in [0.1, 0.15) is 17.3 Å². The SMILES string of the molecule is C=CN(C)C(=O)/C(=C\Cc1cc(F)cc(N2CCc3c(sc4c3CCCC4)C2O)c1CO)NC1=NC=C([C@@H]2CCCN2C)CC1. The molecule has 1 fully saturated rings. The van der Waals surface area contributed by atoms with Crippen molar-refractivity contribution in [3.05, 3.63) is 86.3 Å². The van der Waals surface area contributed by atoms with E-state index >= 15 is 4.39 Å². The molecule has 1 aliphatic carbocycles. The van der Waals surface area contributed by atoms with Gasteiger partial charge in [-0.15, -0.1) is 11.3 Å². The fourth-order valence-electron chi connectivity index (χ4n) is 7.29. The third-order valence-electron chi connectivity index (χ3n) is 9.81. The minimum absolute atomic E-state index is 0.198. The van der Waals surface area contributed by atoms with Crippen molar-refractivity contribution in [1.82, 2.24) is 15.1 Å². The number of amides is 1. The Morgan fingerprint density at radius 1 is 1.18 bits per heavy atom. The number of aliphatic hydroxyl groups excluding tert-OH is 2. The second-order valence-electron chi connectivity index (χ2n) is 12.6. The normalized spacial score (nSPS) is 22.0. The minimum atomic E-state index is -0.897. The van der Waals surface area contributed by atoms with E-state index in [9.17, 15) is 15.0 Å². The number of aliphatic imine (C=N–C) groups is 1. The summed E-state index contributed by atoms with van der Waals surface area (Å²) in [5, 5.41) is 25.3. The number of nitrogens with zero attached hydrogens (tertiary/aromatic N) is 4. The predicted molar refractivity (Wildman–Crippen MR) is 178 cm³/mol. The van der Waals surface area contributed by atoms with Crippen molar-refractivity contribution in [2.45, 2.75) is 83.1 Å². The molecule has 10 heteroatoms. The zero-order valence-electron chi connectivity index (χ0n) is 26.3. The molecule has 1 unspecified atom stereocenters. The Morgan fingerprint density at radius 2 is 2.00 bits per heavy atom. The molecule has 4 aliphatic rings. The van der Waals surface area contributed by atoms with Crippen LogP contribution >= 0.6 is 11.3 Å². The largest absolute Gasteiger partial charge is 0.392 e. The van der Waals surface area contributed by atoms with Gasteiger partial charge in [-0.2, -0.15) is 0 Å². The van der Waals surface area contributed by atoms with E-state index in [0.717, 1.165) is 43.5 Å².